The molecule has 1 aromatic rings. The zero-order valence-electron chi connectivity index (χ0n) is 10.3. The minimum absolute atomic E-state index is 0.0503. The number of hydrazine groups is 1. The molecule has 1 fully saturated rings. The molecule has 1 aliphatic heterocycles. The van der Waals surface area contributed by atoms with E-state index in [1.807, 2.05) is 0 Å². The van der Waals surface area contributed by atoms with Crippen LogP contribution in [0.1, 0.15) is 18.9 Å². The second kappa shape index (κ2) is 5.97. The van der Waals surface area contributed by atoms with Crippen LogP contribution in [-0.4, -0.2) is 18.8 Å². The number of rotatable bonds is 4. The summed E-state index contributed by atoms with van der Waals surface area (Å²) in [5.41, 5.74) is 3.52. The molecule has 0 spiro atoms. The second-order valence-corrected chi connectivity index (χ2v) is 5.22. The van der Waals surface area contributed by atoms with Crippen LogP contribution in [0.15, 0.2) is 18.2 Å². The number of benzene rings is 1. The molecule has 1 aliphatic rings. The van der Waals surface area contributed by atoms with Gasteiger partial charge in [0.25, 0.3) is 0 Å². The highest BCUT2D eigenvalue weighted by molar-refractivity contribution is 6.31. The summed E-state index contributed by atoms with van der Waals surface area (Å²) in [5, 5.41) is 0.558. The third-order valence-electron chi connectivity index (χ3n) is 3.50. The number of hydrogen-bond donors (Lipinski definition) is 2. The Labute approximate surface area is 111 Å². The molecule has 3 atom stereocenters. The van der Waals surface area contributed by atoms with Gasteiger partial charge in [0.1, 0.15) is 5.82 Å². The van der Waals surface area contributed by atoms with Gasteiger partial charge in [-0.25, -0.2) is 4.39 Å². The SMILES string of the molecule is CC1CCOC1C(Cc1cc(F)ccc1Cl)NN. The van der Waals surface area contributed by atoms with Crippen LogP contribution in [0.3, 0.4) is 0 Å². The van der Waals surface area contributed by atoms with Crippen molar-refractivity contribution >= 4 is 11.6 Å². The molecule has 1 saturated heterocycles. The van der Waals surface area contributed by atoms with E-state index in [0.717, 1.165) is 18.6 Å². The first-order valence-electron chi connectivity index (χ1n) is 6.13. The molecule has 5 heteroatoms. The van der Waals surface area contributed by atoms with E-state index in [1.165, 1.54) is 12.1 Å². The summed E-state index contributed by atoms with van der Waals surface area (Å²) in [6, 6.07) is 4.32. The summed E-state index contributed by atoms with van der Waals surface area (Å²) in [7, 11) is 0. The molecule has 1 aromatic carbocycles. The summed E-state index contributed by atoms with van der Waals surface area (Å²) < 4.78 is 18.9. The quantitative estimate of drug-likeness (QED) is 0.653. The molecule has 0 radical (unpaired) electrons. The zero-order chi connectivity index (χ0) is 13.1. The molecule has 1 heterocycles. The predicted molar refractivity (Wildman–Crippen MR) is 69.7 cm³/mol. The van der Waals surface area contributed by atoms with E-state index in [9.17, 15) is 4.39 Å². The third-order valence-corrected chi connectivity index (χ3v) is 3.87. The lowest BCUT2D eigenvalue weighted by atomic mass is 9.93. The molecule has 3 N–H and O–H groups in total. The highest BCUT2D eigenvalue weighted by Gasteiger charge is 2.31. The Morgan fingerprint density at radius 3 is 3.00 bits per heavy atom. The van der Waals surface area contributed by atoms with Crippen LogP contribution >= 0.6 is 11.6 Å². The normalized spacial score (nSPS) is 25.3. The molecule has 0 aliphatic carbocycles. The van der Waals surface area contributed by atoms with Crippen molar-refractivity contribution in [2.75, 3.05) is 6.61 Å². The van der Waals surface area contributed by atoms with Gasteiger partial charge in [0.05, 0.1) is 12.1 Å². The topological polar surface area (TPSA) is 47.3 Å². The highest BCUT2D eigenvalue weighted by Crippen LogP contribution is 2.26. The second-order valence-electron chi connectivity index (χ2n) is 4.81. The van der Waals surface area contributed by atoms with E-state index in [-0.39, 0.29) is 18.0 Å². The summed E-state index contributed by atoms with van der Waals surface area (Å²) in [6.07, 6.45) is 1.64. The summed E-state index contributed by atoms with van der Waals surface area (Å²) in [4.78, 5) is 0. The van der Waals surface area contributed by atoms with Crippen LogP contribution < -0.4 is 11.3 Å². The van der Waals surface area contributed by atoms with E-state index in [2.05, 4.69) is 12.3 Å². The first kappa shape index (κ1) is 13.7. The van der Waals surface area contributed by atoms with Crippen molar-refractivity contribution in [2.24, 2.45) is 11.8 Å². The van der Waals surface area contributed by atoms with Gasteiger partial charge in [-0.05, 0) is 42.5 Å². The summed E-state index contributed by atoms with van der Waals surface area (Å²) in [6.45, 7) is 2.89. The molecule has 3 nitrogen and oxygen atoms in total. The summed E-state index contributed by atoms with van der Waals surface area (Å²) in [5.74, 6) is 5.74. The number of ether oxygens (including phenoxy) is 1. The molecule has 0 bridgehead atoms. The standard InChI is InChI=1S/C13H18ClFN2O/c1-8-4-5-18-13(8)12(17-16)7-9-6-10(15)2-3-11(9)14/h2-3,6,8,12-13,17H,4-5,7,16H2,1H3. The number of nitrogens with one attached hydrogen (secondary N) is 1. The Bertz CT molecular complexity index is 416. The molecule has 0 aromatic heterocycles. The Morgan fingerprint density at radius 1 is 1.61 bits per heavy atom. The molecule has 2 rings (SSSR count). The average molecular weight is 273 g/mol. The van der Waals surface area contributed by atoms with Crippen molar-refractivity contribution in [3.05, 3.63) is 34.6 Å². The number of halogens is 2. The van der Waals surface area contributed by atoms with E-state index in [0.29, 0.717) is 17.4 Å². The van der Waals surface area contributed by atoms with Gasteiger partial charge in [-0.15, -0.1) is 0 Å². The number of nitrogens with two attached hydrogens (primary N) is 1. The molecule has 0 saturated carbocycles. The van der Waals surface area contributed by atoms with Crippen molar-refractivity contribution in [3.63, 3.8) is 0 Å². The summed E-state index contributed by atoms with van der Waals surface area (Å²) >= 11 is 6.06. The molecular formula is C13H18ClFN2O. The van der Waals surface area contributed by atoms with Crippen molar-refractivity contribution in [2.45, 2.75) is 31.9 Å². The lowest BCUT2D eigenvalue weighted by Crippen LogP contribution is -2.47. The van der Waals surface area contributed by atoms with E-state index < -0.39 is 0 Å². The van der Waals surface area contributed by atoms with Crippen LogP contribution in [0.2, 0.25) is 5.02 Å². The Balaban J connectivity index is 2.12. The maximum Gasteiger partial charge on any atom is 0.123 e. The fourth-order valence-corrected chi connectivity index (χ4v) is 2.63. The highest BCUT2D eigenvalue weighted by atomic mass is 35.5. The van der Waals surface area contributed by atoms with E-state index in [1.54, 1.807) is 6.07 Å². The van der Waals surface area contributed by atoms with Gasteiger partial charge in [0.15, 0.2) is 0 Å². The first-order chi connectivity index (χ1) is 8.61. The zero-order valence-corrected chi connectivity index (χ0v) is 11.1. The van der Waals surface area contributed by atoms with Crippen molar-refractivity contribution in [3.8, 4) is 0 Å². The predicted octanol–water partition coefficient (Wildman–Crippen LogP) is 2.28. The minimum Gasteiger partial charge on any atom is -0.376 e. The van der Waals surface area contributed by atoms with Crippen LogP contribution in [-0.2, 0) is 11.2 Å². The lowest BCUT2D eigenvalue weighted by Gasteiger charge is -2.25. The van der Waals surface area contributed by atoms with Crippen LogP contribution in [0, 0.1) is 11.7 Å². The van der Waals surface area contributed by atoms with E-state index >= 15 is 0 Å². The molecular weight excluding hydrogens is 255 g/mol. The van der Waals surface area contributed by atoms with Crippen molar-refractivity contribution in [1.29, 1.82) is 0 Å². The molecule has 0 amide bonds. The Morgan fingerprint density at radius 2 is 2.39 bits per heavy atom. The van der Waals surface area contributed by atoms with Gasteiger partial charge < -0.3 is 4.74 Å². The molecule has 3 unspecified atom stereocenters. The van der Waals surface area contributed by atoms with Crippen LogP contribution in [0.5, 0.6) is 0 Å². The van der Waals surface area contributed by atoms with Gasteiger partial charge in [-0.1, -0.05) is 18.5 Å². The van der Waals surface area contributed by atoms with Gasteiger partial charge in [-0.2, -0.15) is 0 Å². The average Bonchev–Trinajstić information content (AvgIpc) is 2.77. The Hall–Kier alpha value is -0.680. The largest absolute Gasteiger partial charge is 0.376 e. The fourth-order valence-electron chi connectivity index (χ4n) is 2.44. The lowest BCUT2D eigenvalue weighted by molar-refractivity contribution is 0.0610. The monoisotopic (exact) mass is 272 g/mol. The molecule has 100 valence electrons. The van der Waals surface area contributed by atoms with Gasteiger partial charge in [0, 0.05) is 11.6 Å². The van der Waals surface area contributed by atoms with Gasteiger partial charge in [-0.3, -0.25) is 11.3 Å². The fraction of sp³-hybridized carbons (Fsp3) is 0.538. The first-order valence-corrected chi connectivity index (χ1v) is 6.51. The Kier molecular flexibility index (Phi) is 4.56. The van der Waals surface area contributed by atoms with Crippen molar-refractivity contribution < 1.29 is 9.13 Å². The van der Waals surface area contributed by atoms with Gasteiger partial charge in [0.2, 0.25) is 0 Å². The maximum atomic E-state index is 13.2. The third kappa shape index (κ3) is 3.01. The maximum absolute atomic E-state index is 13.2. The van der Waals surface area contributed by atoms with Gasteiger partial charge >= 0.3 is 0 Å². The number of hydrogen-bond acceptors (Lipinski definition) is 3. The van der Waals surface area contributed by atoms with Crippen LogP contribution in [0.4, 0.5) is 4.39 Å². The smallest absolute Gasteiger partial charge is 0.123 e. The van der Waals surface area contributed by atoms with Crippen LogP contribution in [0.25, 0.3) is 0 Å². The minimum atomic E-state index is -0.287. The van der Waals surface area contributed by atoms with E-state index in [4.69, 9.17) is 22.2 Å². The molecule has 18 heavy (non-hydrogen) atoms. The van der Waals surface area contributed by atoms with Crippen molar-refractivity contribution in [1.82, 2.24) is 5.43 Å².